The maximum Gasteiger partial charge on any atom is 0.272 e. The second-order valence-electron chi connectivity index (χ2n) is 6.40. The number of halogens is 1. The molecule has 0 radical (unpaired) electrons. The van der Waals surface area contributed by atoms with Gasteiger partial charge in [0, 0.05) is 12.2 Å². The third-order valence-electron chi connectivity index (χ3n) is 4.64. The van der Waals surface area contributed by atoms with Crippen LogP contribution in [0.1, 0.15) is 22.3 Å². The Bertz CT molecular complexity index is 1030. The first-order chi connectivity index (χ1) is 13.6. The van der Waals surface area contributed by atoms with Gasteiger partial charge in [-0.3, -0.25) is 15.6 Å². The zero-order valence-electron chi connectivity index (χ0n) is 15.0. The van der Waals surface area contributed by atoms with Gasteiger partial charge in [-0.1, -0.05) is 30.3 Å². The Hall–Kier alpha value is -3.68. The molecule has 2 aromatic carbocycles. The summed E-state index contributed by atoms with van der Waals surface area (Å²) < 4.78 is 13.7. The maximum absolute atomic E-state index is 13.7. The van der Waals surface area contributed by atoms with Crippen molar-refractivity contribution in [2.75, 3.05) is 22.6 Å². The highest BCUT2D eigenvalue weighted by Crippen LogP contribution is 2.36. The number of para-hydroxylation sites is 1. The summed E-state index contributed by atoms with van der Waals surface area (Å²) in [6, 6.07) is 13.8. The van der Waals surface area contributed by atoms with Gasteiger partial charge in [-0.2, -0.15) is 0 Å². The van der Waals surface area contributed by atoms with E-state index in [-0.39, 0.29) is 11.4 Å². The highest BCUT2D eigenvalue weighted by Gasteiger charge is 2.22. The topological polar surface area (TPSA) is 96.2 Å². The lowest BCUT2D eigenvalue weighted by Gasteiger charge is -2.31. The predicted molar refractivity (Wildman–Crippen MR) is 106 cm³/mol. The molecule has 0 unspecified atom stereocenters. The lowest BCUT2D eigenvalue weighted by atomic mass is 10.0. The number of nitrogens with two attached hydrogens (primary N) is 1. The van der Waals surface area contributed by atoms with Crippen LogP contribution >= 0.6 is 0 Å². The van der Waals surface area contributed by atoms with Crippen molar-refractivity contribution in [3.8, 4) is 0 Å². The Labute approximate surface area is 161 Å². The second kappa shape index (κ2) is 7.51. The number of aryl methyl sites for hydroxylation is 1. The highest BCUT2D eigenvalue weighted by atomic mass is 19.1. The number of aromatic nitrogens is 2. The molecule has 2 heterocycles. The molecule has 0 saturated carbocycles. The summed E-state index contributed by atoms with van der Waals surface area (Å²) >= 11 is 0. The molecule has 0 bridgehead atoms. The minimum absolute atomic E-state index is 0.0761. The van der Waals surface area contributed by atoms with E-state index in [0.29, 0.717) is 11.5 Å². The Morgan fingerprint density at radius 2 is 1.89 bits per heavy atom. The molecule has 0 atom stereocenters. The van der Waals surface area contributed by atoms with Crippen LogP contribution in [0, 0.1) is 5.82 Å². The van der Waals surface area contributed by atoms with E-state index in [4.69, 9.17) is 5.73 Å². The number of nitrogens with zero attached hydrogens (tertiary/aromatic N) is 3. The molecule has 0 spiro atoms. The largest absolute Gasteiger partial charge is 0.393 e. The SMILES string of the molecule is Nc1c(NNC(=O)c2ccccc2F)ncnc1N1CCCc2ccccc21. The number of amides is 1. The molecular formula is C20H19FN6O. The van der Waals surface area contributed by atoms with Gasteiger partial charge in [0.25, 0.3) is 5.91 Å². The van der Waals surface area contributed by atoms with Gasteiger partial charge in [0.15, 0.2) is 11.6 Å². The van der Waals surface area contributed by atoms with E-state index in [1.165, 1.54) is 30.1 Å². The van der Waals surface area contributed by atoms with Crippen LogP contribution in [-0.4, -0.2) is 22.4 Å². The highest BCUT2D eigenvalue weighted by molar-refractivity contribution is 5.95. The molecule has 8 heteroatoms. The molecule has 4 rings (SSSR count). The summed E-state index contributed by atoms with van der Waals surface area (Å²) in [4.78, 5) is 22.7. The van der Waals surface area contributed by atoms with Crippen molar-refractivity contribution in [2.45, 2.75) is 12.8 Å². The molecule has 1 aromatic heterocycles. The summed E-state index contributed by atoms with van der Waals surface area (Å²) in [5, 5.41) is 0. The number of hydrogen-bond acceptors (Lipinski definition) is 6. The zero-order valence-corrected chi connectivity index (χ0v) is 15.0. The first kappa shape index (κ1) is 17.7. The zero-order chi connectivity index (χ0) is 19.5. The lowest BCUT2D eigenvalue weighted by Crippen LogP contribution is -2.32. The number of rotatable bonds is 4. The Kier molecular flexibility index (Phi) is 4.76. The number of carbonyl (C=O) groups excluding carboxylic acids is 1. The van der Waals surface area contributed by atoms with Gasteiger partial charge >= 0.3 is 0 Å². The molecule has 7 nitrogen and oxygen atoms in total. The standard InChI is InChI=1S/C20H19FN6O/c21-15-9-3-2-8-14(15)20(28)26-25-18-17(22)19(24-12-23-18)27-11-5-7-13-6-1-4-10-16(13)27/h1-4,6,8-10,12H,5,7,11,22H2,(H,26,28)(H,23,24,25). The second-order valence-corrected chi connectivity index (χ2v) is 6.40. The van der Waals surface area contributed by atoms with Crippen LogP contribution in [0.2, 0.25) is 0 Å². The van der Waals surface area contributed by atoms with Crippen molar-refractivity contribution < 1.29 is 9.18 Å². The first-order valence-electron chi connectivity index (χ1n) is 8.92. The summed E-state index contributed by atoms with van der Waals surface area (Å²) in [5.41, 5.74) is 13.9. The summed E-state index contributed by atoms with van der Waals surface area (Å²) in [5.74, 6) is -0.424. The fourth-order valence-corrected chi connectivity index (χ4v) is 3.28. The molecule has 1 aliphatic rings. The van der Waals surface area contributed by atoms with Crippen LogP contribution in [0.15, 0.2) is 54.9 Å². The smallest absolute Gasteiger partial charge is 0.272 e. The number of anilines is 4. The van der Waals surface area contributed by atoms with Gasteiger partial charge in [0.2, 0.25) is 0 Å². The lowest BCUT2D eigenvalue weighted by molar-refractivity contribution is 0.0958. The normalized spacial score (nSPS) is 13.0. The van der Waals surface area contributed by atoms with E-state index in [0.717, 1.165) is 25.1 Å². The molecule has 1 aliphatic heterocycles. The van der Waals surface area contributed by atoms with E-state index in [1.54, 1.807) is 6.07 Å². The van der Waals surface area contributed by atoms with Gasteiger partial charge in [-0.05, 0) is 36.6 Å². The van der Waals surface area contributed by atoms with Crippen LogP contribution in [-0.2, 0) is 6.42 Å². The molecule has 0 fully saturated rings. The number of hydrogen-bond donors (Lipinski definition) is 3. The van der Waals surface area contributed by atoms with E-state index >= 15 is 0 Å². The van der Waals surface area contributed by atoms with Crippen LogP contribution < -0.4 is 21.5 Å². The van der Waals surface area contributed by atoms with E-state index in [2.05, 4.69) is 26.9 Å². The Balaban J connectivity index is 1.57. The third kappa shape index (κ3) is 3.32. The number of nitrogen functional groups attached to an aromatic ring is 1. The fourth-order valence-electron chi connectivity index (χ4n) is 3.28. The number of nitrogens with one attached hydrogen (secondary N) is 2. The van der Waals surface area contributed by atoms with Crippen LogP contribution in [0.4, 0.5) is 27.4 Å². The molecule has 1 amide bonds. The average molecular weight is 378 g/mol. The summed E-state index contributed by atoms with van der Waals surface area (Å²) in [6.07, 6.45) is 3.36. The fraction of sp³-hybridized carbons (Fsp3) is 0.150. The van der Waals surface area contributed by atoms with Crippen molar-refractivity contribution in [3.63, 3.8) is 0 Å². The number of fused-ring (bicyclic) bond motifs is 1. The van der Waals surface area contributed by atoms with Crippen molar-refractivity contribution >= 4 is 28.9 Å². The van der Waals surface area contributed by atoms with Gasteiger partial charge in [-0.25, -0.2) is 14.4 Å². The number of hydrazine groups is 1. The Morgan fingerprint density at radius 3 is 2.75 bits per heavy atom. The average Bonchev–Trinajstić information content (AvgIpc) is 2.73. The molecule has 0 saturated heterocycles. The third-order valence-corrected chi connectivity index (χ3v) is 4.64. The predicted octanol–water partition coefficient (Wildman–Crippen LogP) is 3.04. The maximum atomic E-state index is 13.7. The van der Waals surface area contributed by atoms with Crippen molar-refractivity contribution in [2.24, 2.45) is 0 Å². The van der Waals surface area contributed by atoms with Crippen LogP contribution in [0.25, 0.3) is 0 Å². The monoisotopic (exact) mass is 378 g/mol. The molecule has 4 N–H and O–H groups in total. The Morgan fingerprint density at radius 1 is 1.11 bits per heavy atom. The number of carbonyl (C=O) groups is 1. The minimum atomic E-state index is -0.624. The van der Waals surface area contributed by atoms with Crippen molar-refractivity contribution in [3.05, 3.63) is 71.8 Å². The van der Waals surface area contributed by atoms with Crippen LogP contribution in [0.5, 0.6) is 0 Å². The summed E-state index contributed by atoms with van der Waals surface area (Å²) in [6.45, 7) is 0.777. The van der Waals surface area contributed by atoms with Gasteiger partial charge < -0.3 is 10.6 Å². The molecule has 0 aliphatic carbocycles. The van der Waals surface area contributed by atoms with Gasteiger partial charge in [-0.15, -0.1) is 0 Å². The minimum Gasteiger partial charge on any atom is -0.393 e. The van der Waals surface area contributed by atoms with Gasteiger partial charge in [0.05, 0.1) is 5.56 Å². The van der Waals surface area contributed by atoms with E-state index in [1.807, 2.05) is 23.1 Å². The first-order valence-corrected chi connectivity index (χ1v) is 8.92. The van der Waals surface area contributed by atoms with Crippen LogP contribution in [0.3, 0.4) is 0 Å². The number of benzene rings is 2. The van der Waals surface area contributed by atoms with Crippen molar-refractivity contribution in [1.29, 1.82) is 0 Å². The van der Waals surface area contributed by atoms with Gasteiger partial charge in [0.1, 0.15) is 17.8 Å². The summed E-state index contributed by atoms with van der Waals surface area (Å²) in [7, 11) is 0. The quantitative estimate of drug-likeness (QED) is 0.604. The molecule has 28 heavy (non-hydrogen) atoms. The van der Waals surface area contributed by atoms with E-state index < -0.39 is 11.7 Å². The molecule has 142 valence electrons. The molecule has 3 aromatic rings. The molecular weight excluding hydrogens is 359 g/mol. The van der Waals surface area contributed by atoms with Crippen molar-refractivity contribution in [1.82, 2.24) is 15.4 Å². The van der Waals surface area contributed by atoms with E-state index in [9.17, 15) is 9.18 Å².